The van der Waals surface area contributed by atoms with Gasteiger partial charge in [-0.15, -0.1) is 0 Å². The first kappa shape index (κ1) is 39.7. The highest BCUT2D eigenvalue weighted by molar-refractivity contribution is 5.91. The molecule has 2 nitrogen and oxygen atoms in total. The van der Waals surface area contributed by atoms with Gasteiger partial charge in [0.15, 0.2) is 0 Å². The van der Waals surface area contributed by atoms with Crippen molar-refractivity contribution in [3.8, 4) is 0 Å². The molecule has 0 N–H and O–H groups in total. The van der Waals surface area contributed by atoms with Gasteiger partial charge in [-0.1, -0.05) is 206 Å². The van der Waals surface area contributed by atoms with Crippen LogP contribution in [0.5, 0.6) is 0 Å². The third kappa shape index (κ3) is 9.23. The predicted molar refractivity (Wildman–Crippen MR) is 277 cm³/mol. The van der Waals surface area contributed by atoms with Gasteiger partial charge >= 0.3 is 0 Å². The second-order valence-corrected chi connectivity index (χ2v) is 15.9. The zero-order chi connectivity index (χ0) is 42.9. The molecule has 0 aliphatic carbocycles. The molecule has 2 heteroatoms. The van der Waals surface area contributed by atoms with E-state index in [0.29, 0.717) is 0 Å². The van der Waals surface area contributed by atoms with Gasteiger partial charge in [0.25, 0.3) is 0 Å². The molecule has 304 valence electrons. The highest BCUT2D eigenvalue weighted by Gasteiger charge is 2.14. The first-order chi connectivity index (χ1) is 31.7. The van der Waals surface area contributed by atoms with Crippen LogP contribution in [0.3, 0.4) is 0 Å². The average Bonchev–Trinajstić information content (AvgIpc) is 3.36. The first-order valence-electron chi connectivity index (χ1n) is 21.8. The van der Waals surface area contributed by atoms with Crippen molar-refractivity contribution in [2.75, 3.05) is 9.80 Å². The van der Waals surface area contributed by atoms with Crippen LogP contribution >= 0.6 is 0 Å². The molecule has 0 aliphatic heterocycles. The number of para-hydroxylation sites is 2. The number of rotatable bonds is 12. The van der Waals surface area contributed by atoms with Gasteiger partial charge in [-0.2, -0.15) is 0 Å². The fourth-order valence-corrected chi connectivity index (χ4v) is 8.16. The lowest BCUT2D eigenvalue weighted by Gasteiger charge is -2.26. The summed E-state index contributed by atoms with van der Waals surface area (Å²) in [5.41, 5.74) is 13.7. The molecule has 0 unspecified atom stereocenters. The molecule has 0 aliphatic rings. The van der Waals surface area contributed by atoms with Gasteiger partial charge in [-0.3, -0.25) is 0 Å². The molecule has 0 saturated carbocycles. The lowest BCUT2D eigenvalue weighted by molar-refractivity contribution is 1.29. The van der Waals surface area contributed by atoms with E-state index in [1.165, 1.54) is 21.5 Å². The van der Waals surface area contributed by atoms with Crippen LogP contribution in [0.4, 0.5) is 34.1 Å². The summed E-state index contributed by atoms with van der Waals surface area (Å²) < 4.78 is 0. The fraction of sp³-hybridized carbons (Fsp3) is 0. The van der Waals surface area contributed by atoms with Gasteiger partial charge < -0.3 is 9.80 Å². The molecular formula is C62H46N2. The van der Waals surface area contributed by atoms with Crippen LogP contribution in [0.1, 0.15) is 33.4 Å². The first-order valence-corrected chi connectivity index (χ1v) is 21.8. The smallest absolute Gasteiger partial charge is 0.0468 e. The predicted octanol–water partition coefficient (Wildman–Crippen LogP) is 17.4. The van der Waals surface area contributed by atoms with Crippen LogP contribution in [-0.2, 0) is 0 Å². The van der Waals surface area contributed by atoms with E-state index in [9.17, 15) is 0 Å². The Morgan fingerprint density at radius 3 is 0.734 bits per heavy atom. The van der Waals surface area contributed by atoms with E-state index in [1.807, 2.05) is 0 Å². The molecular weight excluding hydrogens is 773 g/mol. The van der Waals surface area contributed by atoms with Crippen molar-refractivity contribution >= 4 is 92.1 Å². The third-order valence-corrected chi connectivity index (χ3v) is 11.6. The molecule has 0 aromatic heterocycles. The maximum atomic E-state index is 2.31. The van der Waals surface area contributed by atoms with Crippen molar-refractivity contribution < 1.29 is 0 Å². The third-order valence-electron chi connectivity index (χ3n) is 11.6. The summed E-state index contributed by atoms with van der Waals surface area (Å²) in [4.78, 5) is 4.62. The minimum absolute atomic E-state index is 1.12. The number of anilines is 6. The number of nitrogens with zero attached hydrogens (tertiary/aromatic N) is 2. The summed E-state index contributed by atoms with van der Waals surface area (Å²) in [6, 6.07) is 86.4. The quantitative estimate of drug-likeness (QED) is 0.113. The van der Waals surface area contributed by atoms with Crippen molar-refractivity contribution in [1.29, 1.82) is 0 Å². The fourth-order valence-electron chi connectivity index (χ4n) is 8.16. The van der Waals surface area contributed by atoms with Crippen molar-refractivity contribution in [3.63, 3.8) is 0 Å². The lowest BCUT2D eigenvalue weighted by Crippen LogP contribution is -2.09. The van der Waals surface area contributed by atoms with Crippen molar-refractivity contribution in [2.45, 2.75) is 0 Å². The summed E-state index contributed by atoms with van der Waals surface area (Å²) >= 11 is 0. The standard InChI is InChI=1S/C62H46N2/c1-3-15-57(16-4-1)63(61-43-37-53-11-7-9-13-55(53)45-61)59-39-33-51(34-40-59)31-29-49-25-21-47(22-26-49)19-20-48-23-27-50(28-24-48)30-32-52-35-41-60(42-36-52)64(58-17-5-2-6-18-58)62-44-38-54-12-8-10-14-56(54)46-62/h1-46H/b20-19+,31-29+,32-30+. The zero-order valence-corrected chi connectivity index (χ0v) is 35.5. The monoisotopic (exact) mass is 818 g/mol. The molecule has 0 bridgehead atoms. The molecule has 0 heterocycles. The van der Waals surface area contributed by atoms with Gasteiger partial charge in [-0.05, 0) is 128 Å². The second kappa shape index (κ2) is 18.7. The molecule has 10 aromatic rings. The Labute approximate surface area is 376 Å². The van der Waals surface area contributed by atoms with Crippen LogP contribution in [-0.4, -0.2) is 0 Å². The maximum Gasteiger partial charge on any atom is 0.0468 e. The average molecular weight is 819 g/mol. The summed E-state index contributed by atoms with van der Waals surface area (Å²) in [6.07, 6.45) is 13.0. The summed E-state index contributed by atoms with van der Waals surface area (Å²) in [5.74, 6) is 0. The Kier molecular flexibility index (Phi) is 11.6. The van der Waals surface area contributed by atoms with E-state index in [4.69, 9.17) is 0 Å². The molecule has 0 atom stereocenters. The minimum atomic E-state index is 1.12. The largest absolute Gasteiger partial charge is 0.310 e. The van der Waals surface area contributed by atoms with Crippen LogP contribution in [0, 0.1) is 0 Å². The van der Waals surface area contributed by atoms with Crippen molar-refractivity contribution in [2.24, 2.45) is 0 Å². The Morgan fingerprint density at radius 2 is 0.422 bits per heavy atom. The van der Waals surface area contributed by atoms with E-state index in [1.54, 1.807) is 0 Å². The molecule has 0 amide bonds. The van der Waals surface area contributed by atoms with Gasteiger partial charge in [0.1, 0.15) is 0 Å². The Bertz CT molecular complexity index is 3000. The summed E-state index contributed by atoms with van der Waals surface area (Å²) in [6.45, 7) is 0. The summed E-state index contributed by atoms with van der Waals surface area (Å²) in [5, 5.41) is 4.93. The Hall–Kier alpha value is -8.46. The van der Waals surface area contributed by atoms with Crippen LogP contribution in [0.2, 0.25) is 0 Å². The molecule has 0 radical (unpaired) electrons. The number of hydrogen-bond donors (Lipinski definition) is 0. The van der Waals surface area contributed by atoms with Gasteiger partial charge in [0.05, 0.1) is 0 Å². The highest BCUT2D eigenvalue weighted by atomic mass is 15.1. The Morgan fingerprint density at radius 1 is 0.188 bits per heavy atom. The van der Waals surface area contributed by atoms with Crippen molar-refractivity contribution in [3.05, 3.63) is 276 Å². The normalized spacial score (nSPS) is 11.6. The molecule has 10 aromatic carbocycles. The number of benzene rings is 10. The van der Waals surface area contributed by atoms with E-state index in [0.717, 1.165) is 67.5 Å². The molecule has 10 rings (SSSR count). The van der Waals surface area contributed by atoms with Crippen LogP contribution < -0.4 is 9.80 Å². The highest BCUT2D eigenvalue weighted by Crippen LogP contribution is 2.38. The van der Waals surface area contributed by atoms with Gasteiger partial charge in [0.2, 0.25) is 0 Å². The number of fused-ring (bicyclic) bond motifs is 2. The van der Waals surface area contributed by atoms with Crippen LogP contribution in [0.25, 0.3) is 58.0 Å². The van der Waals surface area contributed by atoms with Gasteiger partial charge in [0, 0.05) is 34.1 Å². The Balaban J connectivity index is 0.765. The molecule has 0 saturated heterocycles. The van der Waals surface area contributed by atoms with E-state index in [2.05, 4.69) is 289 Å². The zero-order valence-electron chi connectivity index (χ0n) is 35.5. The van der Waals surface area contributed by atoms with Gasteiger partial charge in [-0.25, -0.2) is 0 Å². The lowest BCUT2D eigenvalue weighted by atomic mass is 10.1. The van der Waals surface area contributed by atoms with E-state index in [-0.39, 0.29) is 0 Å². The molecule has 0 spiro atoms. The topological polar surface area (TPSA) is 6.48 Å². The molecule has 0 fully saturated rings. The van der Waals surface area contributed by atoms with E-state index >= 15 is 0 Å². The maximum absolute atomic E-state index is 2.31. The van der Waals surface area contributed by atoms with E-state index < -0.39 is 0 Å². The second-order valence-electron chi connectivity index (χ2n) is 15.9. The summed E-state index contributed by atoms with van der Waals surface area (Å²) in [7, 11) is 0. The minimum Gasteiger partial charge on any atom is -0.310 e. The van der Waals surface area contributed by atoms with Crippen molar-refractivity contribution in [1.82, 2.24) is 0 Å². The number of hydrogen-bond acceptors (Lipinski definition) is 2. The van der Waals surface area contributed by atoms with Crippen LogP contribution in [0.15, 0.2) is 243 Å². The molecule has 64 heavy (non-hydrogen) atoms. The SMILES string of the molecule is C(=C\c1ccc(/C=C/c2ccc(N(c3ccccc3)c3ccc4ccccc4c3)cc2)cc1)/c1ccc(/C=C/c2ccc(N(c3ccccc3)c3ccc4ccccc4c3)cc2)cc1.